The van der Waals surface area contributed by atoms with Gasteiger partial charge in [0.15, 0.2) is 12.4 Å². The molecule has 0 amide bonds. The van der Waals surface area contributed by atoms with Crippen molar-refractivity contribution in [1.82, 2.24) is 4.31 Å². The summed E-state index contributed by atoms with van der Waals surface area (Å²) in [5.41, 5.74) is 2.54. The van der Waals surface area contributed by atoms with E-state index in [0.29, 0.717) is 18.7 Å². The van der Waals surface area contributed by atoms with Crippen LogP contribution in [0, 0.1) is 13.8 Å². The SMILES string of the molecule is COc1ccc(C(=O)OCC(=O)c2ccc(C)c(C)c2)cc1S(=O)(=O)N1CCCCCC1. The second kappa shape index (κ2) is 10.3. The summed E-state index contributed by atoms with van der Waals surface area (Å²) in [5, 5.41) is 0. The number of Topliss-reactive ketones (excluding diaryl/α,β-unsaturated/α-hetero) is 1. The number of esters is 1. The van der Waals surface area contributed by atoms with Crippen molar-refractivity contribution in [2.24, 2.45) is 0 Å². The summed E-state index contributed by atoms with van der Waals surface area (Å²) in [7, 11) is -2.45. The maximum atomic E-state index is 13.2. The van der Waals surface area contributed by atoms with E-state index in [9.17, 15) is 18.0 Å². The molecule has 2 aromatic rings. The van der Waals surface area contributed by atoms with Crippen LogP contribution < -0.4 is 4.74 Å². The van der Waals surface area contributed by atoms with E-state index in [-0.39, 0.29) is 22.0 Å². The predicted octanol–water partition coefficient (Wildman–Crippen LogP) is 3.92. The molecule has 0 aromatic heterocycles. The van der Waals surface area contributed by atoms with Crippen LogP contribution in [-0.2, 0) is 14.8 Å². The molecular weight excluding hydrogens is 430 g/mol. The number of carbonyl (C=O) groups is 2. The minimum Gasteiger partial charge on any atom is -0.495 e. The highest BCUT2D eigenvalue weighted by atomic mass is 32.2. The molecule has 2 aromatic carbocycles. The predicted molar refractivity (Wildman–Crippen MR) is 121 cm³/mol. The van der Waals surface area contributed by atoms with E-state index in [4.69, 9.17) is 9.47 Å². The Morgan fingerprint density at radius 2 is 1.56 bits per heavy atom. The van der Waals surface area contributed by atoms with E-state index in [1.165, 1.54) is 29.6 Å². The Kier molecular flexibility index (Phi) is 7.69. The summed E-state index contributed by atoms with van der Waals surface area (Å²) in [6.07, 6.45) is 3.57. The molecule has 0 radical (unpaired) electrons. The van der Waals surface area contributed by atoms with Crippen LogP contribution in [0.2, 0.25) is 0 Å². The van der Waals surface area contributed by atoms with Gasteiger partial charge in [0.05, 0.1) is 12.7 Å². The Hall–Kier alpha value is -2.71. The number of rotatable bonds is 7. The van der Waals surface area contributed by atoms with E-state index < -0.39 is 22.6 Å². The molecule has 1 heterocycles. The first-order valence-corrected chi connectivity index (χ1v) is 12.1. The standard InChI is InChI=1S/C24H29NO6S/c1-17-8-9-19(14-18(17)2)21(26)16-31-24(27)20-10-11-22(30-3)23(15-20)32(28,29)25-12-6-4-5-7-13-25/h8-11,14-15H,4-7,12-13,16H2,1-3H3. The third kappa shape index (κ3) is 5.37. The van der Waals surface area contributed by atoms with Crippen LogP contribution in [0.25, 0.3) is 0 Å². The summed E-state index contributed by atoms with van der Waals surface area (Å²) in [6.45, 7) is 4.29. The van der Waals surface area contributed by atoms with Gasteiger partial charge in [-0.3, -0.25) is 4.79 Å². The number of hydrogen-bond donors (Lipinski definition) is 0. The summed E-state index contributed by atoms with van der Waals surface area (Å²) >= 11 is 0. The van der Waals surface area contributed by atoms with E-state index in [1.807, 2.05) is 19.9 Å². The van der Waals surface area contributed by atoms with Crippen molar-refractivity contribution < 1.29 is 27.5 Å². The lowest BCUT2D eigenvalue weighted by Crippen LogP contribution is -2.32. The number of carbonyl (C=O) groups excluding carboxylic acids is 2. The third-order valence-corrected chi connectivity index (χ3v) is 7.67. The third-order valence-electron chi connectivity index (χ3n) is 5.75. The van der Waals surface area contributed by atoms with Crippen molar-refractivity contribution in [3.05, 3.63) is 58.7 Å². The van der Waals surface area contributed by atoms with Crippen LogP contribution in [0.5, 0.6) is 5.75 Å². The summed E-state index contributed by atoms with van der Waals surface area (Å²) in [5.74, 6) is -0.929. The first kappa shape index (κ1) is 23.9. The molecule has 172 valence electrons. The number of ketones is 1. The van der Waals surface area contributed by atoms with Crippen LogP contribution in [0.15, 0.2) is 41.3 Å². The lowest BCUT2D eigenvalue weighted by molar-refractivity contribution is 0.0474. The molecule has 0 spiro atoms. The van der Waals surface area contributed by atoms with Gasteiger partial charge in [-0.2, -0.15) is 4.31 Å². The van der Waals surface area contributed by atoms with Gasteiger partial charge in [-0.05, 0) is 62.1 Å². The number of benzene rings is 2. The Bertz CT molecular complexity index is 1100. The number of aryl methyl sites for hydroxylation is 2. The molecule has 0 unspecified atom stereocenters. The average molecular weight is 460 g/mol. The molecule has 0 atom stereocenters. The fourth-order valence-electron chi connectivity index (χ4n) is 3.64. The maximum absolute atomic E-state index is 13.2. The highest BCUT2D eigenvalue weighted by Gasteiger charge is 2.29. The lowest BCUT2D eigenvalue weighted by Gasteiger charge is -2.21. The van der Waals surface area contributed by atoms with Gasteiger partial charge in [0, 0.05) is 18.7 Å². The van der Waals surface area contributed by atoms with E-state index in [0.717, 1.165) is 36.8 Å². The number of sulfonamides is 1. The average Bonchev–Trinajstić information content (AvgIpc) is 3.09. The molecule has 0 bridgehead atoms. The van der Waals surface area contributed by atoms with Crippen LogP contribution in [0.4, 0.5) is 0 Å². The topological polar surface area (TPSA) is 90.0 Å². The summed E-state index contributed by atoms with van der Waals surface area (Å²) < 4.78 is 38.4. The van der Waals surface area contributed by atoms with Crippen LogP contribution >= 0.6 is 0 Å². The van der Waals surface area contributed by atoms with E-state index in [2.05, 4.69) is 0 Å². The van der Waals surface area contributed by atoms with Crippen LogP contribution in [-0.4, -0.2) is 51.3 Å². The normalized spacial score (nSPS) is 15.1. The van der Waals surface area contributed by atoms with Gasteiger partial charge in [-0.1, -0.05) is 25.0 Å². The van der Waals surface area contributed by atoms with Crippen LogP contribution in [0.1, 0.15) is 57.5 Å². The van der Waals surface area contributed by atoms with Gasteiger partial charge >= 0.3 is 5.97 Å². The van der Waals surface area contributed by atoms with Gasteiger partial charge < -0.3 is 9.47 Å². The fraction of sp³-hybridized carbons (Fsp3) is 0.417. The minimum absolute atomic E-state index is 0.0482. The first-order valence-electron chi connectivity index (χ1n) is 10.7. The molecule has 0 saturated carbocycles. The van der Waals surface area contributed by atoms with Gasteiger partial charge in [-0.15, -0.1) is 0 Å². The van der Waals surface area contributed by atoms with Crippen molar-refractivity contribution in [3.63, 3.8) is 0 Å². The molecule has 8 heteroatoms. The Morgan fingerprint density at radius 3 is 2.19 bits per heavy atom. The Balaban J connectivity index is 1.78. The molecule has 0 N–H and O–H groups in total. The van der Waals surface area contributed by atoms with Crippen molar-refractivity contribution in [1.29, 1.82) is 0 Å². The summed E-state index contributed by atoms with van der Waals surface area (Å²) in [4.78, 5) is 24.9. The molecule has 32 heavy (non-hydrogen) atoms. The maximum Gasteiger partial charge on any atom is 0.338 e. The molecule has 0 aliphatic carbocycles. The first-order chi connectivity index (χ1) is 15.2. The smallest absolute Gasteiger partial charge is 0.338 e. The zero-order valence-corrected chi connectivity index (χ0v) is 19.5. The molecule has 1 fully saturated rings. The number of nitrogens with zero attached hydrogens (tertiary/aromatic N) is 1. The number of ether oxygens (including phenoxy) is 2. The Morgan fingerprint density at radius 1 is 0.906 bits per heavy atom. The van der Waals surface area contributed by atoms with Gasteiger partial charge in [-0.25, -0.2) is 13.2 Å². The van der Waals surface area contributed by atoms with Crippen molar-refractivity contribution >= 4 is 21.8 Å². The molecule has 3 rings (SSSR count). The highest BCUT2D eigenvalue weighted by molar-refractivity contribution is 7.89. The zero-order valence-electron chi connectivity index (χ0n) is 18.7. The molecule has 1 aliphatic heterocycles. The van der Waals surface area contributed by atoms with Gasteiger partial charge in [0.2, 0.25) is 10.0 Å². The lowest BCUT2D eigenvalue weighted by atomic mass is 10.0. The zero-order chi connectivity index (χ0) is 23.3. The summed E-state index contributed by atoms with van der Waals surface area (Å²) in [6, 6.07) is 9.42. The largest absolute Gasteiger partial charge is 0.495 e. The second-order valence-corrected chi connectivity index (χ2v) is 9.89. The molecule has 1 saturated heterocycles. The second-order valence-electron chi connectivity index (χ2n) is 7.98. The van der Waals surface area contributed by atoms with Crippen molar-refractivity contribution in [2.75, 3.05) is 26.8 Å². The molecule has 1 aliphatic rings. The fourth-order valence-corrected chi connectivity index (χ4v) is 5.34. The minimum atomic E-state index is -3.83. The highest BCUT2D eigenvalue weighted by Crippen LogP contribution is 2.29. The number of hydrogen-bond acceptors (Lipinski definition) is 6. The monoisotopic (exact) mass is 459 g/mol. The molecular formula is C24H29NO6S. The quantitative estimate of drug-likeness (QED) is 0.461. The number of methoxy groups -OCH3 is 1. The van der Waals surface area contributed by atoms with Gasteiger partial charge in [0.25, 0.3) is 0 Å². The van der Waals surface area contributed by atoms with E-state index in [1.54, 1.807) is 12.1 Å². The Labute approximate surface area is 189 Å². The van der Waals surface area contributed by atoms with Gasteiger partial charge in [0.1, 0.15) is 10.6 Å². The van der Waals surface area contributed by atoms with Crippen molar-refractivity contribution in [3.8, 4) is 5.75 Å². The van der Waals surface area contributed by atoms with Crippen LogP contribution in [0.3, 0.4) is 0 Å². The molecule has 7 nitrogen and oxygen atoms in total. The van der Waals surface area contributed by atoms with Crippen molar-refractivity contribution in [2.45, 2.75) is 44.4 Å². The van der Waals surface area contributed by atoms with E-state index >= 15 is 0 Å².